The fourth-order valence-electron chi connectivity index (χ4n) is 3.03. The first-order valence-electron chi connectivity index (χ1n) is 6.06. The number of benzene rings is 1. The van der Waals surface area contributed by atoms with Gasteiger partial charge in [0, 0.05) is 16.7 Å². The summed E-state index contributed by atoms with van der Waals surface area (Å²) in [6, 6.07) is 5.43. The first kappa shape index (κ1) is 12.1. The van der Waals surface area contributed by atoms with E-state index < -0.39 is 5.60 Å². The Morgan fingerprint density at radius 3 is 2.63 bits per heavy atom. The number of hydrogen-bond acceptors (Lipinski definition) is 4. The van der Waals surface area contributed by atoms with E-state index in [-0.39, 0.29) is 11.5 Å². The highest BCUT2D eigenvalue weighted by molar-refractivity contribution is 6.11. The third-order valence-electron chi connectivity index (χ3n) is 3.84. The highest BCUT2D eigenvalue weighted by Crippen LogP contribution is 2.45. The normalized spacial score (nSPS) is 21.2. The van der Waals surface area contributed by atoms with Crippen LogP contribution in [0.1, 0.15) is 45.3 Å². The molecule has 2 aromatic rings. The molecule has 1 heterocycles. The number of aryl methyl sites for hydroxylation is 2. The van der Waals surface area contributed by atoms with Crippen molar-refractivity contribution in [1.29, 1.82) is 0 Å². The molecule has 4 heteroatoms. The van der Waals surface area contributed by atoms with Crippen molar-refractivity contribution in [3.05, 3.63) is 58.0 Å². The van der Waals surface area contributed by atoms with Gasteiger partial charge in [-0.05, 0) is 31.9 Å². The predicted octanol–water partition coefficient (Wildman–Crippen LogP) is 3.19. The van der Waals surface area contributed by atoms with E-state index in [0.717, 1.165) is 11.1 Å². The Labute approximate surface area is 110 Å². The lowest BCUT2D eigenvalue weighted by Gasteiger charge is -2.33. The van der Waals surface area contributed by atoms with Crippen LogP contribution in [0.25, 0.3) is 0 Å². The van der Waals surface area contributed by atoms with Crippen LogP contribution in [0.3, 0.4) is 0 Å². The molecule has 0 bridgehead atoms. The lowest BCUT2D eigenvalue weighted by atomic mass is 9.75. The molecule has 0 amide bonds. The lowest BCUT2D eigenvalue weighted by Crippen LogP contribution is -2.35. The molecule has 19 heavy (non-hydrogen) atoms. The summed E-state index contributed by atoms with van der Waals surface area (Å²) in [6.45, 7) is 5.46. The Morgan fingerprint density at radius 2 is 1.95 bits per heavy atom. The summed E-state index contributed by atoms with van der Waals surface area (Å²) in [4.78, 5) is 17.2. The molecule has 1 aromatic heterocycles. The van der Waals surface area contributed by atoms with Crippen molar-refractivity contribution < 1.29 is 19.4 Å². The van der Waals surface area contributed by atoms with Crippen molar-refractivity contribution in [2.24, 2.45) is 0 Å². The monoisotopic (exact) mass is 258 g/mol. The zero-order chi connectivity index (χ0) is 13.8. The van der Waals surface area contributed by atoms with Gasteiger partial charge in [-0.3, -0.25) is 10.1 Å². The molecule has 0 unspecified atom stereocenters. The van der Waals surface area contributed by atoms with Gasteiger partial charge < -0.3 is 4.42 Å². The highest BCUT2D eigenvalue weighted by Gasteiger charge is 2.46. The maximum absolute atomic E-state index is 12.4. The fraction of sp³-hybridized carbons (Fsp3) is 0.267. The SMILES string of the molecule is Cc1cccc2c1[C@](C)(OO)c1c(C)coc1C2=O. The van der Waals surface area contributed by atoms with Crippen molar-refractivity contribution in [3.63, 3.8) is 0 Å². The van der Waals surface area contributed by atoms with Gasteiger partial charge in [-0.2, -0.15) is 0 Å². The van der Waals surface area contributed by atoms with E-state index in [9.17, 15) is 10.1 Å². The van der Waals surface area contributed by atoms with Gasteiger partial charge in [-0.15, -0.1) is 0 Å². The molecule has 1 N–H and O–H groups in total. The summed E-state index contributed by atoms with van der Waals surface area (Å²) in [5.74, 6) is 0.0727. The van der Waals surface area contributed by atoms with Gasteiger partial charge in [-0.25, -0.2) is 4.89 Å². The van der Waals surface area contributed by atoms with Gasteiger partial charge >= 0.3 is 0 Å². The molecule has 0 fully saturated rings. The van der Waals surface area contributed by atoms with Crippen molar-refractivity contribution in [3.8, 4) is 0 Å². The largest absolute Gasteiger partial charge is 0.460 e. The minimum absolute atomic E-state index is 0.170. The molecule has 0 radical (unpaired) electrons. The second-order valence-electron chi connectivity index (χ2n) is 5.07. The topological polar surface area (TPSA) is 59.7 Å². The number of hydrogen-bond donors (Lipinski definition) is 1. The molecule has 3 rings (SSSR count). The van der Waals surface area contributed by atoms with E-state index in [2.05, 4.69) is 0 Å². The Morgan fingerprint density at radius 1 is 1.21 bits per heavy atom. The number of ketones is 1. The standard InChI is InChI=1S/C15H14O4/c1-8-5-4-6-10-11(8)15(3,19-17)12-9(2)7-18-14(12)13(10)16/h4-7,17H,1-3H3/t15-/m0/s1. The van der Waals surface area contributed by atoms with Gasteiger partial charge in [0.1, 0.15) is 0 Å². The second-order valence-corrected chi connectivity index (χ2v) is 5.07. The van der Waals surface area contributed by atoms with Crippen LogP contribution in [0.15, 0.2) is 28.9 Å². The van der Waals surface area contributed by atoms with Crippen LogP contribution in [-0.4, -0.2) is 11.0 Å². The zero-order valence-corrected chi connectivity index (χ0v) is 11.0. The first-order valence-corrected chi connectivity index (χ1v) is 6.06. The van der Waals surface area contributed by atoms with Gasteiger partial charge in [0.05, 0.1) is 6.26 Å². The van der Waals surface area contributed by atoms with Gasteiger partial charge in [-0.1, -0.05) is 18.2 Å². The number of carbonyl (C=O) groups is 1. The van der Waals surface area contributed by atoms with Crippen LogP contribution < -0.4 is 0 Å². The molecule has 4 nitrogen and oxygen atoms in total. The molecule has 0 saturated heterocycles. The van der Waals surface area contributed by atoms with Crippen LogP contribution in [0, 0.1) is 13.8 Å². The summed E-state index contributed by atoms with van der Waals surface area (Å²) in [5.41, 5.74) is 2.41. The van der Waals surface area contributed by atoms with Gasteiger partial charge in [0.25, 0.3) is 0 Å². The molecule has 1 aromatic carbocycles. The van der Waals surface area contributed by atoms with Crippen LogP contribution in [-0.2, 0) is 10.5 Å². The molecule has 0 saturated carbocycles. The minimum atomic E-state index is -1.08. The number of carbonyl (C=O) groups excluding carboxylic acids is 1. The molecule has 1 aliphatic carbocycles. The lowest BCUT2D eigenvalue weighted by molar-refractivity contribution is -0.310. The average molecular weight is 258 g/mol. The molecule has 1 aliphatic rings. The minimum Gasteiger partial charge on any atom is -0.460 e. The van der Waals surface area contributed by atoms with Gasteiger partial charge in [0.2, 0.25) is 5.78 Å². The molecule has 0 spiro atoms. The Balaban J connectivity index is 2.43. The van der Waals surface area contributed by atoms with E-state index in [1.54, 1.807) is 13.0 Å². The summed E-state index contributed by atoms with van der Waals surface area (Å²) in [7, 11) is 0. The Bertz CT molecular complexity index is 683. The molecular weight excluding hydrogens is 244 g/mol. The molecular formula is C15H14O4. The summed E-state index contributed by atoms with van der Waals surface area (Å²) >= 11 is 0. The smallest absolute Gasteiger partial charge is 0.229 e. The van der Waals surface area contributed by atoms with Crippen LogP contribution >= 0.6 is 0 Å². The summed E-state index contributed by atoms with van der Waals surface area (Å²) in [6.07, 6.45) is 1.51. The van der Waals surface area contributed by atoms with E-state index in [1.165, 1.54) is 6.26 Å². The first-order chi connectivity index (χ1) is 9.00. The molecule has 1 atom stereocenters. The molecule has 0 aliphatic heterocycles. The third kappa shape index (κ3) is 1.38. The van der Waals surface area contributed by atoms with Crippen LogP contribution in [0.5, 0.6) is 0 Å². The zero-order valence-electron chi connectivity index (χ0n) is 11.0. The van der Waals surface area contributed by atoms with Gasteiger partial charge in [0.15, 0.2) is 11.4 Å². The van der Waals surface area contributed by atoms with E-state index in [4.69, 9.17) is 9.30 Å². The summed E-state index contributed by atoms with van der Waals surface area (Å²) < 4.78 is 5.35. The van der Waals surface area contributed by atoms with E-state index in [0.29, 0.717) is 16.7 Å². The van der Waals surface area contributed by atoms with E-state index in [1.807, 2.05) is 26.0 Å². The second kappa shape index (κ2) is 3.79. The maximum Gasteiger partial charge on any atom is 0.229 e. The molecule has 98 valence electrons. The average Bonchev–Trinajstić information content (AvgIpc) is 2.79. The Kier molecular flexibility index (Phi) is 2.42. The summed E-state index contributed by atoms with van der Waals surface area (Å²) in [5, 5.41) is 9.44. The number of furan rings is 1. The number of fused-ring (bicyclic) bond motifs is 2. The van der Waals surface area contributed by atoms with Crippen molar-refractivity contribution in [2.45, 2.75) is 26.4 Å². The quantitative estimate of drug-likeness (QED) is 0.630. The number of rotatable bonds is 1. The Hall–Kier alpha value is -1.91. The highest BCUT2D eigenvalue weighted by atomic mass is 17.1. The van der Waals surface area contributed by atoms with Crippen molar-refractivity contribution in [2.75, 3.05) is 0 Å². The van der Waals surface area contributed by atoms with Crippen molar-refractivity contribution >= 4 is 5.78 Å². The predicted molar refractivity (Wildman–Crippen MR) is 68.2 cm³/mol. The van der Waals surface area contributed by atoms with Crippen LogP contribution in [0.4, 0.5) is 0 Å². The fourth-order valence-corrected chi connectivity index (χ4v) is 3.03. The van der Waals surface area contributed by atoms with Crippen LogP contribution in [0.2, 0.25) is 0 Å². The third-order valence-corrected chi connectivity index (χ3v) is 3.84. The van der Waals surface area contributed by atoms with Crippen molar-refractivity contribution in [1.82, 2.24) is 0 Å². The maximum atomic E-state index is 12.4. The van der Waals surface area contributed by atoms with E-state index >= 15 is 0 Å².